The Morgan fingerprint density at radius 2 is 1.68 bits per heavy atom. The predicted octanol–water partition coefficient (Wildman–Crippen LogP) is 4.22. The molecule has 3 aromatic rings. The van der Waals surface area contributed by atoms with E-state index in [0.717, 1.165) is 29.4 Å². The Hall–Kier alpha value is -3.14. The molecule has 124 valence electrons. The van der Waals surface area contributed by atoms with Crippen molar-refractivity contribution in [2.45, 2.75) is 12.8 Å². The Balaban J connectivity index is 1.50. The summed E-state index contributed by atoms with van der Waals surface area (Å²) in [5.74, 6) is 0.0173. The van der Waals surface area contributed by atoms with Crippen LogP contribution in [0.2, 0.25) is 0 Å². The van der Waals surface area contributed by atoms with Crippen molar-refractivity contribution in [3.05, 3.63) is 72.3 Å². The van der Waals surface area contributed by atoms with Crippen LogP contribution in [0.3, 0.4) is 0 Å². The fourth-order valence-electron chi connectivity index (χ4n) is 3.18. The summed E-state index contributed by atoms with van der Waals surface area (Å²) < 4.78 is 0. The Bertz CT molecular complexity index is 948. The zero-order valence-corrected chi connectivity index (χ0v) is 13.7. The number of amides is 2. The molecule has 0 aromatic heterocycles. The molecule has 0 aliphatic carbocycles. The minimum Gasteiger partial charge on any atom is -0.322 e. The molecule has 1 aliphatic heterocycles. The second kappa shape index (κ2) is 6.40. The van der Waals surface area contributed by atoms with Crippen LogP contribution >= 0.6 is 0 Å². The van der Waals surface area contributed by atoms with E-state index in [2.05, 4.69) is 5.32 Å². The Labute approximate surface area is 146 Å². The van der Waals surface area contributed by atoms with E-state index in [0.29, 0.717) is 17.7 Å². The van der Waals surface area contributed by atoms with Crippen molar-refractivity contribution in [3.8, 4) is 0 Å². The maximum absolute atomic E-state index is 12.5. The van der Waals surface area contributed by atoms with Gasteiger partial charge in [0.2, 0.25) is 5.91 Å². The molecule has 0 saturated carbocycles. The standard InChI is InChI=1S/C21H18N2O2/c24-20-6-3-13-23(20)19-11-9-18(10-12-19)22-21(25)17-8-7-15-4-1-2-5-16(15)14-17/h1-2,4-5,7-12,14H,3,6,13H2,(H,22,25). The topological polar surface area (TPSA) is 49.4 Å². The van der Waals surface area contributed by atoms with Gasteiger partial charge in [0.25, 0.3) is 5.91 Å². The lowest BCUT2D eigenvalue weighted by molar-refractivity contribution is -0.117. The first-order chi connectivity index (χ1) is 12.2. The summed E-state index contributed by atoms with van der Waals surface area (Å²) in [5, 5.41) is 5.06. The van der Waals surface area contributed by atoms with E-state index in [1.807, 2.05) is 66.7 Å². The van der Waals surface area contributed by atoms with Gasteiger partial charge in [-0.3, -0.25) is 9.59 Å². The molecule has 4 nitrogen and oxygen atoms in total. The predicted molar refractivity (Wildman–Crippen MR) is 99.9 cm³/mol. The number of fused-ring (bicyclic) bond motifs is 1. The van der Waals surface area contributed by atoms with Gasteiger partial charge in [0.1, 0.15) is 0 Å². The Morgan fingerprint density at radius 1 is 0.920 bits per heavy atom. The first-order valence-corrected chi connectivity index (χ1v) is 8.41. The second-order valence-electron chi connectivity index (χ2n) is 6.21. The molecule has 0 spiro atoms. The van der Waals surface area contributed by atoms with E-state index in [9.17, 15) is 9.59 Å². The van der Waals surface area contributed by atoms with Crippen LogP contribution in [0.15, 0.2) is 66.7 Å². The van der Waals surface area contributed by atoms with E-state index in [4.69, 9.17) is 0 Å². The highest BCUT2D eigenvalue weighted by Crippen LogP contribution is 2.23. The van der Waals surface area contributed by atoms with E-state index in [1.54, 1.807) is 4.90 Å². The molecule has 3 aromatic carbocycles. The SMILES string of the molecule is O=C(Nc1ccc(N2CCCC2=O)cc1)c1ccc2ccccc2c1. The zero-order chi connectivity index (χ0) is 17.2. The molecule has 2 amide bonds. The highest BCUT2D eigenvalue weighted by Gasteiger charge is 2.21. The number of carbonyl (C=O) groups excluding carboxylic acids is 2. The maximum Gasteiger partial charge on any atom is 0.255 e. The zero-order valence-electron chi connectivity index (χ0n) is 13.7. The average molecular weight is 330 g/mol. The number of nitrogens with zero attached hydrogens (tertiary/aromatic N) is 1. The summed E-state index contributed by atoms with van der Waals surface area (Å²) in [6.45, 7) is 0.766. The highest BCUT2D eigenvalue weighted by molar-refractivity contribution is 6.06. The summed E-state index contributed by atoms with van der Waals surface area (Å²) in [5.41, 5.74) is 2.22. The third kappa shape index (κ3) is 3.11. The van der Waals surface area contributed by atoms with E-state index in [1.165, 1.54) is 0 Å². The van der Waals surface area contributed by atoms with Crippen molar-refractivity contribution in [3.63, 3.8) is 0 Å². The van der Waals surface area contributed by atoms with Gasteiger partial charge >= 0.3 is 0 Å². The van der Waals surface area contributed by atoms with Gasteiger partial charge in [-0.05, 0) is 53.6 Å². The molecule has 1 heterocycles. The lowest BCUT2D eigenvalue weighted by atomic mass is 10.1. The summed E-state index contributed by atoms with van der Waals surface area (Å²) in [6, 6.07) is 21.0. The van der Waals surface area contributed by atoms with Gasteiger partial charge in [0.15, 0.2) is 0 Å². The minimum atomic E-state index is -0.143. The van der Waals surface area contributed by atoms with Crippen LogP contribution in [0.4, 0.5) is 11.4 Å². The molecule has 25 heavy (non-hydrogen) atoms. The summed E-state index contributed by atoms with van der Waals surface area (Å²) in [7, 11) is 0. The number of nitrogens with one attached hydrogen (secondary N) is 1. The molecule has 1 saturated heterocycles. The monoisotopic (exact) mass is 330 g/mol. The molecule has 4 heteroatoms. The number of anilines is 2. The maximum atomic E-state index is 12.5. The van der Waals surface area contributed by atoms with Gasteiger partial charge in [-0.15, -0.1) is 0 Å². The van der Waals surface area contributed by atoms with Crippen molar-refractivity contribution in [1.29, 1.82) is 0 Å². The molecule has 4 rings (SSSR count). The molecular weight excluding hydrogens is 312 g/mol. The average Bonchev–Trinajstić information content (AvgIpc) is 3.08. The molecule has 0 bridgehead atoms. The van der Waals surface area contributed by atoms with Gasteiger partial charge in [-0.25, -0.2) is 0 Å². The van der Waals surface area contributed by atoms with Gasteiger partial charge in [0, 0.05) is 29.9 Å². The second-order valence-corrected chi connectivity index (χ2v) is 6.21. The lowest BCUT2D eigenvalue weighted by Crippen LogP contribution is -2.23. The van der Waals surface area contributed by atoms with Crippen molar-refractivity contribution < 1.29 is 9.59 Å². The van der Waals surface area contributed by atoms with Crippen molar-refractivity contribution in [2.75, 3.05) is 16.8 Å². The molecule has 0 radical (unpaired) electrons. The van der Waals surface area contributed by atoms with E-state index >= 15 is 0 Å². The number of hydrogen-bond donors (Lipinski definition) is 1. The number of hydrogen-bond acceptors (Lipinski definition) is 2. The van der Waals surface area contributed by atoms with Gasteiger partial charge in [-0.2, -0.15) is 0 Å². The molecule has 0 atom stereocenters. The molecule has 1 N–H and O–H groups in total. The van der Waals surface area contributed by atoms with Crippen molar-refractivity contribution >= 4 is 34.0 Å². The summed E-state index contributed by atoms with van der Waals surface area (Å²) in [6.07, 6.45) is 1.51. The first-order valence-electron chi connectivity index (χ1n) is 8.41. The fourth-order valence-corrected chi connectivity index (χ4v) is 3.18. The van der Waals surface area contributed by atoms with E-state index in [-0.39, 0.29) is 11.8 Å². The smallest absolute Gasteiger partial charge is 0.255 e. The van der Waals surface area contributed by atoms with Crippen LogP contribution in [-0.4, -0.2) is 18.4 Å². The lowest BCUT2D eigenvalue weighted by Gasteiger charge is -2.16. The van der Waals surface area contributed by atoms with Crippen LogP contribution < -0.4 is 10.2 Å². The molecule has 1 aliphatic rings. The van der Waals surface area contributed by atoms with Gasteiger partial charge < -0.3 is 10.2 Å². The van der Waals surface area contributed by atoms with Crippen LogP contribution in [0.25, 0.3) is 10.8 Å². The minimum absolute atomic E-state index is 0.143. The highest BCUT2D eigenvalue weighted by atomic mass is 16.2. The fraction of sp³-hybridized carbons (Fsp3) is 0.143. The van der Waals surface area contributed by atoms with Gasteiger partial charge in [-0.1, -0.05) is 30.3 Å². The molecule has 0 unspecified atom stereocenters. The largest absolute Gasteiger partial charge is 0.322 e. The van der Waals surface area contributed by atoms with E-state index < -0.39 is 0 Å². The first kappa shape index (κ1) is 15.4. The normalized spacial score (nSPS) is 14.1. The summed E-state index contributed by atoms with van der Waals surface area (Å²) in [4.78, 5) is 26.0. The third-order valence-electron chi connectivity index (χ3n) is 4.52. The van der Waals surface area contributed by atoms with Crippen LogP contribution in [0.5, 0.6) is 0 Å². The Morgan fingerprint density at radius 3 is 2.40 bits per heavy atom. The quantitative estimate of drug-likeness (QED) is 0.782. The molecule has 1 fully saturated rings. The third-order valence-corrected chi connectivity index (χ3v) is 4.52. The summed E-state index contributed by atoms with van der Waals surface area (Å²) >= 11 is 0. The molecular formula is C21H18N2O2. The van der Waals surface area contributed by atoms with Crippen molar-refractivity contribution in [2.24, 2.45) is 0 Å². The van der Waals surface area contributed by atoms with Crippen LogP contribution in [0, 0.1) is 0 Å². The number of rotatable bonds is 3. The van der Waals surface area contributed by atoms with Crippen molar-refractivity contribution in [1.82, 2.24) is 0 Å². The Kier molecular flexibility index (Phi) is 3.94. The van der Waals surface area contributed by atoms with Crippen LogP contribution in [-0.2, 0) is 4.79 Å². The number of benzene rings is 3. The number of carbonyl (C=O) groups is 2. The van der Waals surface area contributed by atoms with Gasteiger partial charge in [0.05, 0.1) is 0 Å². The van der Waals surface area contributed by atoms with Crippen LogP contribution in [0.1, 0.15) is 23.2 Å².